The molecule has 1 atom stereocenters. The van der Waals surface area contributed by atoms with Crippen molar-refractivity contribution in [3.8, 4) is 0 Å². The summed E-state index contributed by atoms with van der Waals surface area (Å²) in [6, 6.07) is 9.69. The van der Waals surface area contributed by atoms with E-state index in [0.717, 1.165) is 24.8 Å². The van der Waals surface area contributed by atoms with Crippen LogP contribution in [0.15, 0.2) is 30.3 Å². The second-order valence-corrected chi connectivity index (χ2v) is 4.56. The van der Waals surface area contributed by atoms with E-state index in [1.165, 1.54) is 0 Å². The van der Waals surface area contributed by atoms with Crippen LogP contribution in [0.25, 0.3) is 0 Å². The van der Waals surface area contributed by atoms with E-state index in [1.54, 1.807) is 0 Å². The first kappa shape index (κ1) is 10.4. The average Bonchev–Trinajstić information content (AvgIpc) is 3.05. The number of carbonyl (C=O) groups is 1. The van der Waals surface area contributed by atoms with E-state index in [9.17, 15) is 4.79 Å². The van der Waals surface area contributed by atoms with Crippen LogP contribution in [0.3, 0.4) is 0 Å². The molecule has 2 rings (SSSR count). The lowest BCUT2D eigenvalue weighted by molar-refractivity contribution is 0.0946. The van der Waals surface area contributed by atoms with E-state index >= 15 is 0 Å². The molecule has 80 valence electrons. The van der Waals surface area contributed by atoms with Crippen LogP contribution in [0, 0.1) is 11.3 Å². The molecular formula is C14H18O. The lowest BCUT2D eigenvalue weighted by Crippen LogP contribution is -2.09. The van der Waals surface area contributed by atoms with Crippen LogP contribution in [-0.2, 0) is 0 Å². The lowest BCUT2D eigenvalue weighted by atomic mass is 9.93. The number of benzene rings is 1. The average molecular weight is 202 g/mol. The molecular weight excluding hydrogens is 184 g/mol. The number of hydrogen-bond donors (Lipinski definition) is 0. The van der Waals surface area contributed by atoms with Crippen molar-refractivity contribution in [2.45, 2.75) is 33.1 Å². The first-order valence-corrected chi connectivity index (χ1v) is 5.83. The predicted molar refractivity (Wildman–Crippen MR) is 61.9 cm³/mol. The summed E-state index contributed by atoms with van der Waals surface area (Å²) in [4.78, 5) is 12.1. The molecule has 0 N–H and O–H groups in total. The van der Waals surface area contributed by atoms with Crippen LogP contribution in [0.5, 0.6) is 0 Å². The summed E-state index contributed by atoms with van der Waals surface area (Å²) >= 11 is 0. The molecule has 0 spiro atoms. The molecule has 1 nitrogen and oxygen atoms in total. The molecule has 1 saturated carbocycles. The second-order valence-electron chi connectivity index (χ2n) is 4.56. The number of hydrogen-bond acceptors (Lipinski definition) is 1. The molecule has 0 heterocycles. The number of ketones is 1. The van der Waals surface area contributed by atoms with Crippen molar-refractivity contribution in [1.29, 1.82) is 0 Å². The SMILES string of the molecule is CCC1(CC)CC1C(=O)c1ccccc1. The summed E-state index contributed by atoms with van der Waals surface area (Å²) < 4.78 is 0. The Hall–Kier alpha value is -1.11. The molecule has 0 radical (unpaired) electrons. The van der Waals surface area contributed by atoms with Gasteiger partial charge in [0.15, 0.2) is 5.78 Å². The Labute approximate surface area is 91.5 Å². The Bertz CT molecular complexity index is 349. The summed E-state index contributed by atoms with van der Waals surface area (Å²) in [6.07, 6.45) is 3.35. The fourth-order valence-electron chi connectivity index (χ4n) is 2.55. The summed E-state index contributed by atoms with van der Waals surface area (Å²) in [5.74, 6) is 0.634. The number of carbonyl (C=O) groups excluding carboxylic acids is 1. The fourth-order valence-corrected chi connectivity index (χ4v) is 2.55. The molecule has 1 heteroatoms. The van der Waals surface area contributed by atoms with Gasteiger partial charge in [0, 0.05) is 11.5 Å². The smallest absolute Gasteiger partial charge is 0.166 e. The minimum Gasteiger partial charge on any atom is -0.294 e. The van der Waals surface area contributed by atoms with Gasteiger partial charge >= 0.3 is 0 Å². The van der Waals surface area contributed by atoms with Gasteiger partial charge in [-0.15, -0.1) is 0 Å². The van der Waals surface area contributed by atoms with E-state index in [4.69, 9.17) is 0 Å². The fraction of sp³-hybridized carbons (Fsp3) is 0.500. The minimum atomic E-state index is 0.287. The van der Waals surface area contributed by atoms with Crippen molar-refractivity contribution in [2.24, 2.45) is 11.3 Å². The van der Waals surface area contributed by atoms with Crippen LogP contribution < -0.4 is 0 Å². The summed E-state index contributed by atoms with van der Waals surface area (Å²) in [7, 11) is 0. The maximum Gasteiger partial charge on any atom is 0.166 e. The van der Waals surface area contributed by atoms with Crippen LogP contribution in [0.2, 0.25) is 0 Å². The molecule has 1 aromatic carbocycles. The predicted octanol–water partition coefficient (Wildman–Crippen LogP) is 3.70. The van der Waals surface area contributed by atoms with Crippen LogP contribution in [-0.4, -0.2) is 5.78 Å². The Morgan fingerprint density at radius 2 is 1.87 bits per heavy atom. The third-order valence-corrected chi connectivity index (χ3v) is 3.97. The number of Topliss-reactive ketones (excluding diaryl/α,β-unsaturated/α-hetero) is 1. The van der Waals surface area contributed by atoms with Gasteiger partial charge in [-0.1, -0.05) is 44.2 Å². The van der Waals surface area contributed by atoms with Crippen molar-refractivity contribution < 1.29 is 4.79 Å². The maximum atomic E-state index is 12.1. The third-order valence-electron chi connectivity index (χ3n) is 3.97. The van der Waals surface area contributed by atoms with Gasteiger partial charge in [0.1, 0.15) is 0 Å². The normalized spacial score (nSPS) is 22.4. The first-order valence-electron chi connectivity index (χ1n) is 5.83. The van der Waals surface area contributed by atoms with Crippen LogP contribution in [0.1, 0.15) is 43.5 Å². The molecule has 1 aromatic rings. The lowest BCUT2D eigenvalue weighted by Gasteiger charge is -2.10. The molecule has 1 aliphatic rings. The van der Waals surface area contributed by atoms with Gasteiger partial charge in [-0.25, -0.2) is 0 Å². The molecule has 0 bridgehead atoms. The largest absolute Gasteiger partial charge is 0.294 e. The highest BCUT2D eigenvalue weighted by molar-refractivity contribution is 6.00. The molecule has 15 heavy (non-hydrogen) atoms. The van der Waals surface area contributed by atoms with Gasteiger partial charge in [0.25, 0.3) is 0 Å². The zero-order chi connectivity index (χ0) is 10.9. The van der Waals surface area contributed by atoms with Crippen LogP contribution >= 0.6 is 0 Å². The number of rotatable bonds is 4. The molecule has 1 fully saturated rings. The topological polar surface area (TPSA) is 17.1 Å². The third kappa shape index (κ3) is 1.71. The molecule has 0 aromatic heterocycles. The summed E-state index contributed by atoms with van der Waals surface area (Å²) in [5, 5.41) is 0. The Balaban J connectivity index is 2.13. The molecule has 1 unspecified atom stereocenters. The highest BCUT2D eigenvalue weighted by Gasteiger charge is 2.54. The Morgan fingerprint density at radius 1 is 1.27 bits per heavy atom. The van der Waals surface area contributed by atoms with Gasteiger partial charge in [-0.05, 0) is 24.7 Å². The van der Waals surface area contributed by atoms with Gasteiger partial charge in [0.2, 0.25) is 0 Å². The standard InChI is InChI=1S/C14H18O/c1-3-14(4-2)10-12(14)13(15)11-8-6-5-7-9-11/h5-9,12H,3-4,10H2,1-2H3. The van der Waals surface area contributed by atoms with Gasteiger partial charge in [-0.3, -0.25) is 4.79 Å². The first-order chi connectivity index (χ1) is 7.23. The van der Waals surface area contributed by atoms with E-state index in [1.807, 2.05) is 30.3 Å². The highest BCUT2D eigenvalue weighted by Crippen LogP contribution is 2.58. The quantitative estimate of drug-likeness (QED) is 0.680. The van der Waals surface area contributed by atoms with Gasteiger partial charge in [0.05, 0.1) is 0 Å². The van der Waals surface area contributed by atoms with Crippen molar-refractivity contribution in [2.75, 3.05) is 0 Å². The van der Waals surface area contributed by atoms with Gasteiger partial charge < -0.3 is 0 Å². The monoisotopic (exact) mass is 202 g/mol. The molecule has 0 aliphatic heterocycles. The molecule has 1 aliphatic carbocycles. The minimum absolute atomic E-state index is 0.287. The zero-order valence-corrected chi connectivity index (χ0v) is 9.49. The summed E-state index contributed by atoms with van der Waals surface area (Å²) in [5.41, 5.74) is 1.21. The Morgan fingerprint density at radius 3 is 2.33 bits per heavy atom. The van der Waals surface area contributed by atoms with E-state index in [2.05, 4.69) is 13.8 Å². The van der Waals surface area contributed by atoms with Crippen molar-refractivity contribution in [3.63, 3.8) is 0 Å². The Kier molecular flexibility index (Phi) is 2.64. The highest BCUT2D eigenvalue weighted by atomic mass is 16.1. The maximum absolute atomic E-state index is 12.1. The molecule has 0 amide bonds. The molecule has 0 saturated heterocycles. The van der Waals surface area contributed by atoms with Gasteiger partial charge in [-0.2, -0.15) is 0 Å². The van der Waals surface area contributed by atoms with Crippen molar-refractivity contribution in [3.05, 3.63) is 35.9 Å². The van der Waals surface area contributed by atoms with Crippen molar-refractivity contribution >= 4 is 5.78 Å². The van der Waals surface area contributed by atoms with Crippen LogP contribution in [0.4, 0.5) is 0 Å². The van der Waals surface area contributed by atoms with E-state index in [0.29, 0.717) is 11.2 Å². The summed E-state index contributed by atoms with van der Waals surface area (Å²) in [6.45, 7) is 4.39. The van der Waals surface area contributed by atoms with E-state index < -0.39 is 0 Å². The zero-order valence-electron chi connectivity index (χ0n) is 9.49. The van der Waals surface area contributed by atoms with Crippen molar-refractivity contribution in [1.82, 2.24) is 0 Å². The second kappa shape index (κ2) is 3.80. The van der Waals surface area contributed by atoms with E-state index in [-0.39, 0.29) is 5.92 Å².